The van der Waals surface area contributed by atoms with Crippen molar-refractivity contribution in [2.75, 3.05) is 20.3 Å². The van der Waals surface area contributed by atoms with Crippen molar-refractivity contribution in [1.82, 2.24) is 4.90 Å². The Morgan fingerprint density at radius 3 is 2.90 bits per heavy atom. The highest BCUT2D eigenvalue weighted by molar-refractivity contribution is 5.77. The van der Waals surface area contributed by atoms with Crippen molar-refractivity contribution < 1.29 is 13.9 Å². The zero-order valence-electron chi connectivity index (χ0n) is 12.2. The van der Waals surface area contributed by atoms with Gasteiger partial charge < -0.3 is 9.64 Å². The third kappa shape index (κ3) is 3.11. The molecule has 4 heteroatoms. The Labute approximate surface area is 119 Å². The van der Waals surface area contributed by atoms with Crippen LogP contribution in [-0.4, -0.2) is 37.2 Å². The molecule has 0 N–H and O–H groups in total. The second kappa shape index (κ2) is 6.73. The van der Waals surface area contributed by atoms with E-state index in [1.54, 1.807) is 12.0 Å². The van der Waals surface area contributed by atoms with E-state index in [9.17, 15) is 9.18 Å². The number of hydrogen-bond acceptors (Lipinski definition) is 2. The average Bonchev–Trinajstić information content (AvgIpc) is 2.50. The first-order chi connectivity index (χ1) is 9.69. The topological polar surface area (TPSA) is 29.5 Å². The maximum Gasteiger partial charge on any atom is 0.254 e. The normalized spacial score (nSPS) is 17.4. The zero-order chi connectivity index (χ0) is 14.5. The summed E-state index contributed by atoms with van der Waals surface area (Å²) in [6.07, 6.45) is 3.49. The van der Waals surface area contributed by atoms with E-state index in [1.165, 1.54) is 11.1 Å². The number of hydrogen-bond donors (Lipinski definition) is 0. The van der Waals surface area contributed by atoms with E-state index in [0.29, 0.717) is 6.54 Å². The number of carbonyl (C=O) groups excluding carboxylic acids is 1. The highest BCUT2D eigenvalue weighted by atomic mass is 19.1. The van der Waals surface area contributed by atoms with Gasteiger partial charge in [-0.05, 0) is 48.9 Å². The number of amides is 1. The van der Waals surface area contributed by atoms with Gasteiger partial charge in [-0.15, -0.1) is 0 Å². The number of benzene rings is 1. The Kier molecular flexibility index (Phi) is 4.99. The van der Waals surface area contributed by atoms with Crippen molar-refractivity contribution in [3.8, 4) is 5.75 Å². The molecular formula is C16H22FNO2. The van der Waals surface area contributed by atoms with Crippen molar-refractivity contribution in [2.45, 2.75) is 38.6 Å². The Hall–Kier alpha value is -1.58. The summed E-state index contributed by atoms with van der Waals surface area (Å²) in [5.74, 6) is 0.450. The van der Waals surface area contributed by atoms with Crippen LogP contribution in [0.4, 0.5) is 4.39 Å². The van der Waals surface area contributed by atoms with Crippen LogP contribution in [0.3, 0.4) is 0 Å². The molecule has 1 aromatic carbocycles. The lowest BCUT2D eigenvalue weighted by Gasteiger charge is -2.34. The lowest BCUT2D eigenvalue weighted by atomic mass is 9.87. The predicted molar refractivity (Wildman–Crippen MR) is 76.8 cm³/mol. The molecular weight excluding hydrogens is 257 g/mol. The molecule has 0 radical (unpaired) electrons. The predicted octanol–water partition coefficient (Wildman–Crippen LogP) is 2.76. The molecule has 1 amide bonds. The van der Waals surface area contributed by atoms with E-state index < -0.39 is 6.67 Å². The van der Waals surface area contributed by atoms with Crippen LogP contribution < -0.4 is 4.74 Å². The molecule has 1 aromatic rings. The number of rotatable bonds is 5. The molecule has 2 rings (SSSR count). The Balaban J connectivity index is 2.17. The Morgan fingerprint density at radius 1 is 1.45 bits per heavy atom. The van der Waals surface area contributed by atoms with Crippen molar-refractivity contribution in [3.05, 3.63) is 29.3 Å². The number of fused-ring (bicyclic) bond motifs is 1. The quantitative estimate of drug-likeness (QED) is 0.829. The number of methoxy groups -OCH3 is 1. The van der Waals surface area contributed by atoms with Gasteiger partial charge >= 0.3 is 0 Å². The summed E-state index contributed by atoms with van der Waals surface area (Å²) in [5.41, 5.74) is 2.53. The summed E-state index contributed by atoms with van der Waals surface area (Å²) >= 11 is 0. The summed E-state index contributed by atoms with van der Waals surface area (Å²) in [7, 11) is 1.65. The minimum Gasteiger partial charge on any atom is -0.497 e. The molecule has 20 heavy (non-hydrogen) atoms. The molecule has 1 atom stereocenters. The van der Waals surface area contributed by atoms with E-state index in [2.05, 4.69) is 6.07 Å². The molecule has 0 spiro atoms. The molecule has 1 aliphatic carbocycles. The molecule has 0 saturated heterocycles. The van der Waals surface area contributed by atoms with Crippen molar-refractivity contribution in [3.63, 3.8) is 0 Å². The van der Waals surface area contributed by atoms with Gasteiger partial charge in [-0.25, -0.2) is 4.39 Å². The number of halogens is 1. The van der Waals surface area contributed by atoms with Crippen LogP contribution in [0, 0.1) is 0 Å². The summed E-state index contributed by atoms with van der Waals surface area (Å²) in [4.78, 5) is 13.5. The minimum atomic E-state index is -0.901. The van der Waals surface area contributed by atoms with Crippen molar-refractivity contribution in [2.24, 2.45) is 0 Å². The summed E-state index contributed by atoms with van der Waals surface area (Å²) in [5, 5.41) is 0. The third-order valence-corrected chi connectivity index (χ3v) is 3.96. The van der Waals surface area contributed by atoms with Crippen LogP contribution in [0.2, 0.25) is 0 Å². The zero-order valence-corrected chi connectivity index (χ0v) is 12.2. The standard InChI is InChI=1S/C16H22FNO2/c1-3-8-18(16(19)11-17)14-6-4-12-5-7-15(20-2)10-13(12)9-14/h5,7,10,14H,3-4,6,8-9,11H2,1-2H3. The third-order valence-electron chi connectivity index (χ3n) is 3.96. The van der Waals surface area contributed by atoms with E-state index in [4.69, 9.17) is 4.74 Å². The first-order valence-corrected chi connectivity index (χ1v) is 7.20. The number of nitrogens with zero attached hydrogens (tertiary/aromatic N) is 1. The highest BCUT2D eigenvalue weighted by Crippen LogP contribution is 2.28. The fourth-order valence-electron chi connectivity index (χ4n) is 2.94. The first-order valence-electron chi connectivity index (χ1n) is 7.20. The second-order valence-electron chi connectivity index (χ2n) is 5.25. The van der Waals surface area contributed by atoms with Crippen LogP contribution in [0.1, 0.15) is 30.9 Å². The monoisotopic (exact) mass is 279 g/mol. The lowest BCUT2D eigenvalue weighted by Crippen LogP contribution is -2.44. The van der Waals surface area contributed by atoms with E-state index in [1.807, 2.05) is 19.1 Å². The maximum atomic E-state index is 12.7. The van der Waals surface area contributed by atoms with Gasteiger partial charge in [0.2, 0.25) is 0 Å². The van der Waals surface area contributed by atoms with E-state index in [-0.39, 0.29) is 11.9 Å². The number of alkyl halides is 1. The van der Waals surface area contributed by atoms with Gasteiger partial charge in [0, 0.05) is 12.6 Å². The van der Waals surface area contributed by atoms with Gasteiger partial charge in [-0.2, -0.15) is 0 Å². The number of ether oxygens (including phenoxy) is 1. The largest absolute Gasteiger partial charge is 0.497 e. The van der Waals surface area contributed by atoms with Crippen LogP contribution in [0.15, 0.2) is 18.2 Å². The Bertz CT molecular complexity index is 476. The fourth-order valence-corrected chi connectivity index (χ4v) is 2.94. The summed E-state index contributed by atoms with van der Waals surface area (Å²) < 4.78 is 18.0. The molecule has 1 unspecified atom stereocenters. The second-order valence-corrected chi connectivity index (χ2v) is 5.25. The average molecular weight is 279 g/mol. The summed E-state index contributed by atoms with van der Waals surface area (Å²) in [6, 6.07) is 6.20. The van der Waals surface area contributed by atoms with Gasteiger partial charge in [0.15, 0.2) is 6.67 Å². The van der Waals surface area contributed by atoms with Crippen LogP contribution in [0.5, 0.6) is 5.75 Å². The van der Waals surface area contributed by atoms with E-state index >= 15 is 0 Å². The van der Waals surface area contributed by atoms with Crippen molar-refractivity contribution >= 4 is 5.91 Å². The van der Waals surface area contributed by atoms with Crippen molar-refractivity contribution in [1.29, 1.82) is 0 Å². The molecule has 0 aromatic heterocycles. The minimum absolute atomic E-state index is 0.109. The molecule has 0 saturated carbocycles. The first kappa shape index (κ1) is 14.8. The van der Waals surface area contributed by atoms with Gasteiger partial charge in [-0.1, -0.05) is 13.0 Å². The van der Waals surface area contributed by atoms with Gasteiger partial charge in [0.1, 0.15) is 5.75 Å². The van der Waals surface area contributed by atoms with E-state index in [0.717, 1.165) is 31.4 Å². The van der Waals surface area contributed by atoms with Gasteiger partial charge in [0.25, 0.3) is 5.91 Å². The molecule has 1 aliphatic rings. The molecule has 0 aliphatic heterocycles. The molecule has 0 bridgehead atoms. The maximum absolute atomic E-state index is 12.7. The number of carbonyl (C=O) groups is 1. The highest BCUT2D eigenvalue weighted by Gasteiger charge is 2.27. The molecule has 0 heterocycles. The summed E-state index contributed by atoms with van der Waals surface area (Å²) in [6.45, 7) is 1.74. The van der Waals surface area contributed by atoms with Gasteiger partial charge in [0.05, 0.1) is 7.11 Å². The lowest BCUT2D eigenvalue weighted by molar-refractivity contribution is -0.134. The van der Waals surface area contributed by atoms with Crippen LogP contribution in [0.25, 0.3) is 0 Å². The fraction of sp³-hybridized carbons (Fsp3) is 0.562. The molecule has 3 nitrogen and oxygen atoms in total. The SMILES string of the molecule is CCCN(C(=O)CF)C1CCc2ccc(OC)cc2C1. The number of aryl methyl sites for hydroxylation is 1. The molecule has 0 fully saturated rings. The van der Waals surface area contributed by atoms with Crippen LogP contribution >= 0.6 is 0 Å². The Morgan fingerprint density at radius 2 is 2.25 bits per heavy atom. The van der Waals surface area contributed by atoms with Gasteiger partial charge in [-0.3, -0.25) is 4.79 Å². The molecule has 110 valence electrons. The van der Waals surface area contributed by atoms with Crippen LogP contribution in [-0.2, 0) is 17.6 Å². The smallest absolute Gasteiger partial charge is 0.254 e.